The van der Waals surface area contributed by atoms with Crippen LogP contribution in [0.4, 0.5) is 5.69 Å². The van der Waals surface area contributed by atoms with E-state index in [0.29, 0.717) is 16.4 Å². The van der Waals surface area contributed by atoms with Crippen molar-refractivity contribution in [2.24, 2.45) is 10.7 Å². The molecule has 1 atom stereocenters. The Balaban J connectivity index is 2.23. The number of fused-ring (bicyclic) bond motifs is 1. The Morgan fingerprint density at radius 2 is 1.90 bits per heavy atom. The number of carbonyl (C=O) groups excluding carboxylic acids is 1. The molecule has 2 aromatic rings. The normalized spacial score (nSPS) is 17.8. The molecule has 2 aromatic carbocycles. The summed E-state index contributed by atoms with van der Waals surface area (Å²) in [5.41, 5.74) is 8.77. The number of hydrogen-bond acceptors (Lipinski definition) is 3. The topological polar surface area (TPSA) is 67.5 Å². The predicted molar refractivity (Wildman–Crippen MR) is 80.1 cm³/mol. The number of halogens is 1. The molecule has 0 fully saturated rings. The average molecular weight is 286 g/mol. The monoisotopic (exact) mass is 285 g/mol. The molecular formula is C15H12ClN3O. The molecule has 3 rings (SSSR count). The van der Waals surface area contributed by atoms with Crippen molar-refractivity contribution in [1.82, 2.24) is 0 Å². The summed E-state index contributed by atoms with van der Waals surface area (Å²) in [7, 11) is 0. The summed E-state index contributed by atoms with van der Waals surface area (Å²) in [5, 5.41) is 3.34. The van der Waals surface area contributed by atoms with Gasteiger partial charge < -0.3 is 11.1 Å². The van der Waals surface area contributed by atoms with Crippen molar-refractivity contribution in [3.8, 4) is 0 Å². The number of benzodiazepines with no additional fused rings is 1. The van der Waals surface area contributed by atoms with Crippen LogP contribution in [-0.2, 0) is 4.79 Å². The van der Waals surface area contributed by atoms with Gasteiger partial charge in [-0.25, -0.2) is 0 Å². The van der Waals surface area contributed by atoms with Crippen LogP contribution < -0.4 is 11.1 Å². The van der Waals surface area contributed by atoms with E-state index in [1.54, 1.807) is 18.2 Å². The van der Waals surface area contributed by atoms with Crippen LogP contribution in [0.15, 0.2) is 53.5 Å². The fourth-order valence-corrected chi connectivity index (χ4v) is 2.29. The lowest BCUT2D eigenvalue weighted by molar-refractivity contribution is -0.117. The number of aliphatic imine (C=N–C) groups is 1. The molecule has 1 unspecified atom stereocenters. The number of anilines is 1. The van der Waals surface area contributed by atoms with Crippen LogP contribution in [0.5, 0.6) is 0 Å². The van der Waals surface area contributed by atoms with Gasteiger partial charge in [-0.05, 0) is 18.2 Å². The highest BCUT2D eigenvalue weighted by Gasteiger charge is 2.23. The molecule has 100 valence electrons. The number of nitrogens with one attached hydrogen (secondary N) is 1. The standard InChI is InChI=1S/C15H12ClN3O/c16-10-6-7-12-11(8-10)13(9-4-2-1-3-5-9)19-14(17)15(20)18-12/h1-8,14H,17H2,(H,18,20). The summed E-state index contributed by atoms with van der Waals surface area (Å²) >= 11 is 6.06. The maximum Gasteiger partial charge on any atom is 0.263 e. The second kappa shape index (κ2) is 5.07. The molecule has 1 heterocycles. The van der Waals surface area contributed by atoms with Gasteiger partial charge in [0.15, 0.2) is 6.17 Å². The number of carbonyl (C=O) groups is 1. The van der Waals surface area contributed by atoms with Crippen LogP contribution in [0.1, 0.15) is 11.1 Å². The molecule has 0 bridgehead atoms. The Labute approximate surface area is 121 Å². The second-order valence-corrected chi connectivity index (χ2v) is 4.90. The maximum atomic E-state index is 11.9. The van der Waals surface area contributed by atoms with E-state index in [1.807, 2.05) is 30.3 Å². The highest BCUT2D eigenvalue weighted by Crippen LogP contribution is 2.26. The van der Waals surface area contributed by atoms with E-state index in [4.69, 9.17) is 17.3 Å². The van der Waals surface area contributed by atoms with Gasteiger partial charge >= 0.3 is 0 Å². The minimum Gasteiger partial charge on any atom is -0.322 e. The molecule has 0 radical (unpaired) electrons. The van der Waals surface area contributed by atoms with Crippen LogP contribution in [0.3, 0.4) is 0 Å². The number of rotatable bonds is 1. The second-order valence-electron chi connectivity index (χ2n) is 4.47. The van der Waals surface area contributed by atoms with Gasteiger partial charge in [-0.3, -0.25) is 9.79 Å². The zero-order chi connectivity index (χ0) is 14.1. The van der Waals surface area contributed by atoms with Crippen LogP contribution in [0.2, 0.25) is 5.02 Å². The SMILES string of the molecule is NC1N=C(c2ccccc2)c2cc(Cl)ccc2NC1=O. The average Bonchev–Trinajstić information content (AvgIpc) is 2.58. The smallest absolute Gasteiger partial charge is 0.263 e. The summed E-state index contributed by atoms with van der Waals surface area (Å²) < 4.78 is 0. The minimum absolute atomic E-state index is 0.334. The molecule has 1 aliphatic heterocycles. The largest absolute Gasteiger partial charge is 0.322 e. The third kappa shape index (κ3) is 2.31. The molecule has 1 amide bonds. The Morgan fingerprint density at radius 3 is 2.65 bits per heavy atom. The first-order chi connectivity index (χ1) is 9.65. The van der Waals surface area contributed by atoms with Crippen LogP contribution in [0.25, 0.3) is 0 Å². The van der Waals surface area contributed by atoms with E-state index in [2.05, 4.69) is 10.3 Å². The first-order valence-corrected chi connectivity index (χ1v) is 6.52. The number of nitrogens with zero attached hydrogens (tertiary/aromatic N) is 1. The minimum atomic E-state index is -0.934. The Morgan fingerprint density at radius 1 is 1.15 bits per heavy atom. The fourth-order valence-electron chi connectivity index (χ4n) is 2.12. The number of hydrogen-bond donors (Lipinski definition) is 2. The van der Waals surface area contributed by atoms with Gasteiger partial charge in [0.05, 0.1) is 11.4 Å². The van der Waals surface area contributed by atoms with E-state index in [1.165, 1.54) is 0 Å². The van der Waals surface area contributed by atoms with E-state index >= 15 is 0 Å². The van der Waals surface area contributed by atoms with Gasteiger partial charge in [0.2, 0.25) is 0 Å². The van der Waals surface area contributed by atoms with E-state index in [-0.39, 0.29) is 5.91 Å². The number of nitrogens with two attached hydrogens (primary N) is 1. The first kappa shape index (κ1) is 12.8. The zero-order valence-corrected chi connectivity index (χ0v) is 11.3. The molecule has 0 saturated carbocycles. The molecule has 3 N–H and O–H groups in total. The lowest BCUT2D eigenvalue weighted by atomic mass is 10.0. The van der Waals surface area contributed by atoms with Crippen molar-refractivity contribution in [3.05, 3.63) is 64.7 Å². The van der Waals surface area contributed by atoms with Gasteiger partial charge in [-0.15, -0.1) is 0 Å². The molecule has 1 aliphatic rings. The predicted octanol–water partition coefficient (Wildman–Crippen LogP) is 2.41. The van der Waals surface area contributed by atoms with Crippen molar-refractivity contribution < 1.29 is 4.79 Å². The summed E-state index contributed by atoms with van der Waals surface area (Å²) in [6.45, 7) is 0. The summed E-state index contributed by atoms with van der Waals surface area (Å²) in [6.07, 6.45) is -0.934. The lowest BCUT2D eigenvalue weighted by Crippen LogP contribution is -2.33. The van der Waals surface area contributed by atoms with Crippen molar-refractivity contribution in [3.63, 3.8) is 0 Å². The molecule has 0 aliphatic carbocycles. The van der Waals surface area contributed by atoms with Crippen LogP contribution in [-0.4, -0.2) is 17.8 Å². The van der Waals surface area contributed by atoms with Crippen LogP contribution >= 0.6 is 11.6 Å². The fraction of sp³-hybridized carbons (Fsp3) is 0.0667. The highest BCUT2D eigenvalue weighted by molar-refractivity contribution is 6.32. The zero-order valence-electron chi connectivity index (χ0n) is 10.5. The van der Waals surface area contributed by atoms with Crippen LogP contribution in [0, 0.1) is 0 Å². The number of benzene rings is 2. The third-order valence-corrected chi connectivity index (χ3v) is 3.31. The molecule has 0 saturated heterocycles. The molecule has 20 heavy (non-hydrogen) atoms. The van der Waals surface area contributed by atoms with Gasteiger partial charge in [-0.1, -0.05) is 41.9 Å². The first-order valence-electron chi connectivity index (χ1n) is 6.15. The third-order valence-electron chi connectivity index (χ3n) is 3.08. The lowest BCUT2D eigenvalue weighted by Gasteiger charge is -2.10. The quantitative estimate of drug-likeness (QED) is 0.845. The highest BCUT2D eigenvalue weighted by atomic mass is 35.5. The summed E-state index contributed by atoms with van der Waals surface area (Å²) in [5.74, 6) is -0.334. The summed E-state index contributed by atoms with van der Waals surface area (Å²) in [6, 6.07) is 14.8. The van der Waals surface area contributed by atoms with Gasteiger partial charge in [0.25, 0.3) is 5.91 Å². The van der Waals surface area contributed by atoms with Crippen molar-refractivity contribution in [2.75, 3.05) is 5.32 Å². The van der Waals surface area contributed by atoms with E-state index < -0.39 is 6.17 Å². The van der Waals surface area contributed by atoms with Gasteiger partial charge in [-0.2, -0.15) is 0 Å². The maximum absolute atomic E-state index is 11.9. The molecule has 0 aromatic heterocycles. The number of amides is 1. The molecular weight excluding hydrogens is 274 g/mol. The van der Waals surface area contributed by atoms with E-state index in [0.717, 1.165) is 11.1 Å². The Kier molecular flexibility index (Phi) is 3.26. The molecule has 0 spiro atoms. The Hall–Kier alpha value is -2.17. The van der Waals surface area contributed by atoms with E-state index in [9.17, 15) is 4.79 Å². The van der Waals surface area contributed by atoms with Crippen molar-refractivity contribution in [1.29, 1.82) is 0 Å². The van der Waals surface area contributed by atoms with Gasteiger partial charge in [0, 0.05) is 16.1 Å². The van der Waals surface area contributed by atoms with Gasteiger partial charge in [0.1, 0.15) is 0 Å². The van der Waals surface area contributed by atoms with Crippen molar-refractivity contribution >= 4 is 28.9 Å². The van der Waals surface area contributed by atoms with Crippen molar-refractivity contribution in [2.45, 2.75) is 6.17 Å². The Bertz CT molecular complexity index is 698. The summed E-state index contributed by atoms with van der Waals surface area (Å²) in [4.78, 5) is 16.2. The molecule has 5 heteroatoms. The molecule has 4 nitrogen and oxygen atoms in total.